The third-order valence-corrected chi connectivity index (χ3v) is 4.94. The van der Waals surface area contributed by atoms with Gasteiger partial charge in [-0.2, -0.15) is 0 Å². The first-order valence-corrected chi connectivity index (χ1v) is 7.89. The van der Waals surface area contributed by atoms with Gasteiger partial charge in [0.05, 0.1) is 6.10 Å². The highest BCUT2D eigenvalue weighted by atomic mass is 16.3. The van der Waals surface area contributed by atoms with E-state index in [1.165, 1.54) is 51.9 Å². The van der Waals surface area contributed by atoms with Crippen molar-refractivity contribution in [2.24, 2.45) is 5.92 Å². The van der Waals surface area contributed by atoms with E-state index in [1.807, 2.05) is 0 Å². The minimum atomic E-state index is -0.0359. The Hall–Kier alpha value is -0.120. The molecule has 1 aliphatic carbocycles. The van der Waals surface area contributed by atoms with E-state index in [1.54, 1.807) is 0 Å². The molecule has 0 aromatic carbocycles. The van der Waals surface area contributed by atoms with Crippen molar-refractivity contribution in [2.75, 3.05) is 32.7 Å². The fourth-order valence-corrected chi connectivity index (χ4v) is 3.75. The second kappa shape index (κ2) is 6.88. The second-order valence-corrected chi connectivity index (χ2v) is 6.04. The normalized spacial score (nSPS) is 34.3. The molecule has 2 aliphatic rings. The van der Waals surface area contributed by atoms with Crippen molar-refractivity contribution in [1.82, 2.24) is 9.80 Å². The molecule has 1 heterocycles. The van der Waals surface area contributed by atoms with Gasteiger partial charge in [-0.15, -0.1) is 0 Å². The van der Waals surface area contributed by atoms with Crippen molar-refractivity contribution in [2.45, 2.75) is 58.1 Å². The van der Waals surface area contributed by atoms with Gasteiger partial charge in [0.15, 0.2) is 0 Å². The van der Waals surface area contributed by atoms with Gasteiger partial charge in [-0.05, 0) is 44.8 Å². The van der Waals surface area contributed by atoms with E-state index < -0.39 is 0 Å². The number of aliphatic hydroxyl groups excluding tert-OH is 1. The first kappa shape index (κ1) is 14.3. The Bertz CT molecular complexity index is 243. The van der Waals surface area contributed by atoms with Crippen LogP contribution in [0.15, 0.2) is 0 Å². The van der Waals surface area contributed by atoms with E-state index in [0.717, 1.165) is 19.0 Å². The maximum absolute atomic E-state index is 10.1. The summed E-state index contributed by atoms with van der Waals surface area (Å²) in [5.74, 6) is 0.536. The predicted octanol–water partition coefficient (Wildman–Crippen LogP) is 1.95. The number of likely N-dealkylation sites (tertiary alicyclic amines) is 1. The first-order chi connectivity index (χ1) is 8.74. The topological polar surface area (TPSA) is 26.7 Å². The fraction of sp³-hybridized carbons (Fsp3) is 1.00. The zero-order valence-corrected chi connectivity index (χ0v) is 12.1. The Morgan fingerprint density at radius 1 is 1.11 bits per heavy atom. The Morgan fingerprint density at radius 2 is 1.83 bits per heavy atom. The van der Waals surface area contributed by atoms with Crippen molar-refractivity contribution < 1.29 is 5.11 Å². The molecule has 0 spiro atoms. The van der Waals surface area contributed by atoms with Gasteiger partial charge in [-0.1, -0.05) is 26.7 Å². The van der Waals surface area contributed by atoms with Crippen LogP contribution in [-0.4, -0.2) is 59.8 Å². The van der Waals surface area contributed by atoms with Gasteiger partial charge in [0.25, 0.3) is 0 Å². The monoisotopic (exact) mass is 254 g/mol. The van der Waals surface area contributed by atoms with Crippen LogP contribution >= 0.6 is 0 Å². The van der Waals surface area contributed by atoms with Crippen molar-refractivity contribution in [3.63, 3.8) is 0 Å². The lowest BCUT2D eigenvalue weighted by molar-refractivity contribution is 0.0495. The average molecular weight is 254 g/mol. The van der Waals surface area contributed by atoms with E-state index in [9.17, 15) is 5.11 Å². The highest BCUT2D eigenvalue weighted by Crippen LogP contribution is 2.27. The zero-order valence-electron chi connectivity index (χ0n) is 12.1. The number of hydrogen-bond donors (Lipinski definition) is 1. The molecule has 2 fully saturated rings. The van der Waals surface area contributed by atoms with Gasteiger partial charge in [-0.25, -0.2) is 0 Å². The second-order valence-electron chi connectivity index (χ2n) is 6.04. The molecule has 18 heavy (non-hydrogen) atoms. The molecule has 106 valence electrons. The van der Waals surface area contributed by atoms with Gasteiger partial charge >= 0.3 is 0 Å². The molecule has 3 atom stereocenters. The largest absolute Gasteiger partial charge is 0.393 e. The van der Waals surface area contributed by atoms with Crippen molar-refractivity contribution >= 4 is 0 Å². The number of rotatable bonds is 5. The smallest absolute Gasteiger partial charge is 0.0580 e. The lowest BCUT2D eigenvalue weighted by atomic mass is 9.86. The SMILES string of the molecule is CCN(CC)C1CCN(CC2CCCCC2O)C1. The van der Waals surface area contributed by atoms with Crippen molar-refractivity contribution in [1.29, 1.82) is 0 Å². The molecule has 3 heteroatoms. The summed E-state index contributed by atoms with van der Waals surface area (Å²) in [5, 5.41) is 10.1. The molecule has 0 amide bonds. The van der Waals surface area contributed by atoms with E-state index in [0.29, 0.717) is 5.92 Å². The van der Waals surface area contributed by atoms with E-state index in [4.69, 9.17) is 0 Å². The van der Waals surface area contributed by atoms with Crippen LogP contribution in [0, 0.1) is 5.92 Å². The van der Waals surface area contributed by atoms with Crippen molar-refractivity contribution in [3.8, 4) is 0 Å². The first-order valence-electron chi connectivity index (χ1n) is 7.89. The van der Waals surface area contributed by atoms with Gasteiger partial charge in [-0.3, -0.25) is 4.90 Å². The quantitative estimate of drug-likeness (QED) is 0.812. The highest BCUT2D eigenvalue weighted by Gasteiger charge is 2.30. The summed E-state index contributed by atoms with van der Waals surface area (Å²) in [5.41, 5.74) is 0. The Balaban J connectivity index is 1.78. The summed E-state index contributed by atoms with van der Waals surface area (Å²) in [7, 11) is 0. The Labute approximate surface area is 112 Å². The van der Waals surface area contributed by atoms with Gasteiger partial charge in [0.2, 0.25) is 0 Å². The molecule has 0 aromatic heterocycles. The molecule has 0 aromatic rings. The molecule has 1 saturated carbocycles. The fourth-order valence-electron chi connectivity index (χ4n) is 3.75. The lowest BCUT2D eigenvalue weighted by Crippen LogP contribution is -2.40. The predicted molar refractivity (Wildman–Crippen MR) is 75.7 cm³/mol. The molecular formula is C15H30N2O. The van der Waals surface area contributed by atoms with Crippen LogP contribution < -0.4 is 0 Å². The van der Waals surface area contributed by atoms with Gasteiger partial charge in [0.1, 0.15) is 0 Å². The van der Waals surface area contributed by atoms with E-state index in [2.05, 4.69) is 23.6 Å². The highest BCUT2D eigenvalue weighted by molar-refractivity contribution is 4.86. The summed E-state index contributed by atoms with van der Waals surface area (Å²) >= 11 is 0. The Kier molecular flexibility index (Phi) is 5.46. The average Bonchev–Trinajstić information content (AvgIpc) is 2.82. The van der Waals surface area contributed by atoms with Crippen LogP contribution in [0.5, 0.6) is 0 Å². The molecular weight excluding hydrogens is 224 g/mol. The maximum atomic E-state index is 10.1. The van der Waals surface area contributed by atoms with Crippen LogP contribution in [0.2, 0.25) is 0 Å². The number of nitrogens with zero attached hydrogens (tertiary/aromatic N) is 2. The van der Waals surface area contributed by atoms with E-state index >= 15 is 0 Å². The zero-order chi connectivity index (χ0) is 13.0. The standard InChI is InChI=1S/C15H30N2O/c1-3-17(4-2)14-9-10-16(12-14)11-13-7-5-6-8-15(13)18/h13-15,18H,3-12H2,1-2H3. The lowest BCUT2D eigenvalue weighted by Gasteiger charge is -2.32. The molecule has 2 rings (SSSR count). The summed E-state index contributed by atoms with van der Waals surface area (Å²) in [6, 6.07) is 0.751. The molecule has 0 bridgehead atoms. The minimum absolute atomic E-state index is 0.0359. The number of aliphatic hydroxyl groups is 1. The third-order valence-electron chi connectivity index (χ3n) is 4.94. The van der Waals surface area contributed by atoms with Crippen LogP contribution in [0.4, 0.5) is 0 Å². The summed E-state index contributed by atoms with van der Waals surface area (Å²) < 4.78 is 0. The maximum Gasteiger partial charge on any atom is 0.0580 e. The molecule has 3 unspecified atom stereocenters. The summed E-state index contributed by atoms with van der Waals surface area (Å²) in [6.45, 7) is 10.4. The number of likely N-dealkylation sites (N-methyl/N-ethyl adjacent to an activating group) is 1. The van der Waals surface area contributed by atoms with Crippen molar-refractivity contribution in [3.05, 3.63) is 0 Å². The van der Waals surface area contributed by atoms with Crippen LogP contribution in [0.1, 0.15) is 46.0 Å². The molecule has 1 saturated heterocycles. The van der Waals surface area contributed by atoms with Crippen LogP contribution in [0.25, 0.3) is 0 Å². The van der Waals surface area contributed by atoms with Crippen LogP contribution in [0.3, 0.4) is 0 Å². The Morgan fingerprint density at radius 3 is 2.50 bits per heavy atom. The number of hydrogen-bond acceptors (Lipinski definition) is 3. The van der Waals surface area contributed by atoms with Crippen LogP contribution in [-0.2, 0) is 0 Å². The summed E-state index contributed by atoms with van der Waals surface area (Å²) in [6.07, 6.45) is 6.07. The molecule has 3 nitrogen and oxygen atoms in total. The third kappa shape index (κ3) is 3.46. The molecule has 0 radical (unpaired) electrons. The van der Waals surface area contributed by atoms with Gasteiger partial charge < -0.3 is 10.0 Å². The van der Waals surface area contributed by atoms with E-state index in [-0.39, 0.29) is 6.10 Å². The minimum Gasteiger partial charge on any atom is -0.393 e. The molecule has 1 N–H and O–H groups in total. The van der Waals surface area contributed by atoms with Gasteiger partial charge in [0, 0.05) is 19.1 Å². The molecule has 1 aliphatic heterocycles. The summed E-state index contributed by atoms with van der Waals surface area (Å²) in [4.78, 5) is 5.17.